The van der Waals surface area contributed by atoms with E-state index in [-0.39, 0.29) is 23.8 Å². The molecule has 0 bridgehead atoms. The van der Waals surface area contributed by atoms with E-state index in [0.29, 0.717) is 18.0 Å². The Morgan fingerprint density at radius 3 is 2.46 bits per heavy atom. The van der Waals surface area contributed by atoms with Crippen LogP contribution < -0.4 is 19.9 Å². The summed E-state index contributed by atoms with van der Waals surface area (Å²) in [5, 5.41) is 2.94. The lowest BCUT2D eigenvalue weighted by molar-refractivity contribution is -0.123. The van der Waals surface area contributed by atoms with Gasteiger partial charge in [0.25, 0.3) is 5.91 Å². The van der Waals surface area contributed by atoms with Crippen LogP contribution >= 0.6 is 0 Å². The van der Waals surface area contributed by atoms with Crippen LogP contribution in [0.5, 0.6) is 5.75 Å². The van der Waals surface area contributed by atoms with Crippen LogP contribution in [-0.2, 0) is 9.59 Å². The summed E-state index contributed by atoms with van der Waals surface area (Å²) in [7, 11) is 0. The van der Waals surface area contributed by atoms with Gasteiger partial charge in [0.15, 0.2) is 11.5 Å². The first kappa shape index (κ1) is 25.9. The van der Waals surface area contributed by atoms with E-state index >= 15 is 0 Å². The fourth-order valence-corrected chi connectivity index (χ4v) is 4.21. The van der Waals surface area contributed by atoms with Gasteiger partial charge in [0, 0.05) is 30.9 Å². The molecule has 37 heavy (non-hydrogen) atoms. The second-order valence-electron chi connectivity index (χ2n) is 8.87. The summed E-state index contributed by atoms with van der Waals surface area (Å²) < 4.78 is 20.0. The standard InChI is InChI=1S/C30H32FN3O3/c1-2-3-19-33(24-13-5-4-6-14-24)20-11-18-32-29(35)22-34-26-16-9-10-17-27(26)37-28(30(34)36)21-23-12-7-8-15-25(23)31/h4-10,12-17,21H,2-3,11,18-20,22H2,1H3,(H,32,35). The van der Waals surface area contributed by atoms with E-state index in [1.807, 2.05) is 18.2 Å². The van der Waals surface area contributed by atoms with Crippen molar-refractivity contribution < 1.29 is 18.7 Å². The van der Waals surface area contributed by atoms with Crippen LogP contribution in [0.25, 0.3) is 6.08 Å². The molecule has 0 spiro atoms. The molecule has 0 saturated carbocycles. The number of rotatable bonds is 11. The summed E-state index contributed by atoms with van der Waals surface area (Å²) in [5.74, 6) is -0.821. The fraction of sp³-hybridized carbons (Fsp3) is 0.267. The highest BCUT2D eigenvalue weighted by Gasteiger charge is 2.31. The molecule has 3 aromatic carbocycles. The molecule has 0 atom stereocenters. The Morgan fingerprint density at radius 2 is 1.68 bits per heavy atom. The van der Waals surface area contributed by atoms with E-state index < -0.39 is 11.7 Å². The lowest BCUT2D eigenvalue weighted by Crippen LogP contribution is -2.44. The van der Waals surface area contributed by atoms with E-state index in [4.69, 9.17) is 4.74 Å². The van der Waals surface area contributed by atoms with Crippen LogP contribution in [0.3, 0.4) is 0 Å². The van der Waals surface area contributed by atoms with Gasteiger partial charge >= 0.3 is 0 Å². The topological polar surface area (TPSA) is 61.9 Å². The average molecular weight is 502 g/mol. The van der Waals surface area contributed by atoms with Crippen LogP contribution in [0, 0.1) is 5.82 Å². The molecule has 4 rings (SSSR count). The van der Waals surface area contributed by atoms with Crippen LogP contribution in [0.15, 0.2) is 84.6 Å². The van der Waals surface area contributed by atoms with Gasteiger partial charge < -0.3 is 15.0 Å². The minimum absolute atomic E-state index is 0.0361. The Labute approximate surface area is 217 Å². The van der Waals surface area contributed by atoms with Crippen molar-refractivity contribution in [3.8, 4) is 5.75 Å². The van der Waals surface area contributed by atoms with E-state index in [1.54, 1.807) is 42.5 Å². The molecular weight excluding hydrogens is 469 g/mol. The SMILES string of the molecule is CCCCN(CCCNC(=O)CN1C(=O)C(=Cc2ccccc2F)Oc2ccccc21)c1ccccc1. The molecule has 0 radical (unpaired) electrons. The largest absolute Gasteiger partial charge is 0.449 e. The molecule has 0 unspecified atom stereocenters. The Bertz CT molecular complexity index is 1250. The zero-order valence-electron chi connectivity index (χ0n) is 21.0. The molecule has 1 heterocycles. The van der Waals surface area contributed by atoms with Crippen molar-refractivity contribution in [2.24, 2.45) is 0 Å². The lowest BCUT2D eigenvalue weighted by Gasteiger charge is -2.30. The molecule has 0 saturated heterocycles. The highest BCUT2D eigenvalue weighted by atomic mass is 19.1. The highest BCUT2D eigenvalue weighted by molar-refractivity contribution is 6.12. The molecule has 0 fully saturated rings. The second kappa shape index (κ2) is 12.7. The zero-order chi connectivity index (χ0) is 26.0. The van der Waals surface area contributed by atoms with Gasteiger partial charge in [-0.25, -0.2) is 4.39 Å². The number of benzene rings is 3. The molecule has 1 N–H and O–H groups in total. The minimum Gasteiger partial charge on any atom is -0.449 e. The van der Waals surface area contributed by atoms with Crippen molar-refractivity contribution in [2.75, 3.05) is 36.0 Å². The second-order valence-corrected chi connectivity index (χ2v) is 8.87. The normalized spacial score (nSPS) is 13.7. The Morgan fingerprint density at radius 1 is 0.973 bits per heavy atom. The summed E-state index contributed by atoms with van der Waals surface area (Å²) in [5.41, 5.74) is 1.91. The van der Waals surface area contributed by atoms with Crippen molar-refractivity contribution in [1.82, 2.24) is 5.32 Å². The number of halogens is 1. The van der Waals surface area contributed by atoms with E-state index in [9.17, 15) is 14.0 Å². The molecule has 192 valence electrons. The molecule has 7 heteroatoms. The van der Waals surface area contributed by atoms with E-state index in [2.05, 4.69) is 29.3 Å². The first-order valence-electron chi connectivity index (χ1n) is 12.7. The third kappa shape index (κ3) is 6.76. The molecule has 2 amide bonds. The van der Waals surface area contributed by atoms with Crippen LogP contribution in [-0.4, -0.2) is 38.0 Å². The van der Waals surface area contributed by atoms with E-state index in [1.165, 1.54) is 22.7 Å². The number of unbranched alkanes of at least 4 members (excludes halogenated alkanes) is 1. The zero-order valence-corrected chi connectivity index (χ0v) is 21.0. The summed E-state index contributed by atoms with van der Waals surface area (Å²) in [6, 6.07) is 23.4. The first-order valence-corrected chi connectivity index (χ1v) is 12.7. The molecule has 6 nitrogen and oxygen atoms in total. The van der Waals surface area contributed by atoms with Gasteiger partial charge in [-0.2, -0.15) is 0 Å². The number of ether oxygens (including phenoxy) is 1. The van der Waals surface area contributed by atoms with Gasteiger partial charge in [-0.1, -0.05) is 61.9 Å². The highest BCUT2D eigenvalue weighted by Crippen LogP contribution is 2.35. The van der Waals surface area contributed by atoms with Crippen LogP contribution in [0.1, 0.15) is 31.7 Å². The third-order valence-electron chi connectivity index (χ3n) is 6.16. The van der Waals surface area contributed by atoms with Crippen molar-refractivity contribution in [3.05, 3.63) is 96.0 Å². The maximum absolute atomic E-state index is 14.2. The lowest BCUT2D eigenvalue weighted by atomic mass is 10.1. The van der Waals surface area contributed by atoms with Crippen molar-refractivity contribution in [2.45, 2.75) is 26.2 Å². The van der Waals surface area contributed by atoms with Crippen molar-refractivity contribution >= 4 is 29.3 Å². The van der Waals surface area contributed by atoms with E-state index in [0.717, 1.165) is 32.4 Å². The number of nitrogens with one attached hydrogen (secondary N) is 1. The monoisotopic (exact) mass is 501 g/mol. The number of hydrogen-bond acceptors (Lipinski definition) is 4. The summed E-state index contributed by atoms with van der Waals surface area (Å²) >= 11 is 0. The molecular formula is C30H32FN3O3. The minimum atomic E-state index is -0.494. The Hall–Kier alpha value is -4.13. The van der Waals surface area contributed by atoms with Gasteiger partial charge in [-0.3, -0.25) is 14.5 Å². The van der Waals surface area contributed by atoms with Gasteiger partial charge in [0.1, 0.15) is 12.4 Å². The van der Waals surface area contributed by atoms with Crippen molar-refractivity contribution in [3.63, 3.8) is 0 Å². The number of para-hydroxylation sites is 3. The molecule has 1 aliphatic rings. The maximum atomic E-state index is 14.2. The van der Waals surface area contributed by atoms with Crippen LogP contribution in [0.4, 0.5) is 15.8 Å². The van der Waals surface area contributed by atoms with Gasteiger partial charge in [-0.05, 0) is 49.2 Å². The number of carbonyl (C=O) groups excluding carboxylic acids is 2. The maximum Gasteiger partial charge on any atom is 0.294 e. The molecule has 3 aromatic rings. The van der Waals surface area contributed by atoms with Gasteiger partial charge in [0.05, 0.1) is 5.69 Å². The summed E-state index contributed by atoms with van der Waals surface area (Å²) in [6.45, 7) is 4.29. The van der Waals surface area contributed by atoms with Gasteiger partial charge in [0.2, 0.25) is 5.91 Å². The number of carbonyl (C=O) groups is 2. The summed E-state index contributed by atoms with van der Waals surface area (Å²) in [4.78, 5) is 29.8. The number of anilines is 2. The number of nitrogens with zero attached hydrogens (tertiary/aromatic N) is 2. The predicted molar refractivity (Wildman–Crippen MR) is 145 cm³/mol. The number of hydrogen-bond donors (Lipinski definition) is 1. The smallest absolute Gasteiger partial charge is 0.294 e. The third-order valence-corrected chi connectivity index (χ3v) is 6.16. The quantitative estimate of drug-likeness (QED) is 0.282. The Balaban J connectivity index is 1.39. The molecule has 0 aliphatic carbocycles. The molecule has 1 aliphatic heterocycles. The van der Waals surface area contributed by atoms with Crippen molar-refractivity contribution in [1.29, 1.82) is 0 Å². The fourth-order valence-electron chi connectivity index (χ4n) is 4.21. The number of fused-ring (bicyclic) bond motifs is 1. The Kier molecular flexibility index (Phi) is 8.92. The summed E-state index contributed by atoms with van der Waals surface area (Å²) in [6.07, 6.45) is 4.36. The predicted octanol–water partition coefficient (Wildman–Crippen LogP) is 5.41. The van der Waals surface area contributed by atoms with Gasteiger partial charge in [-0.15, -0.1) is 0 Å². The molecule has 0 aromatic heterocycles. The number of amides is 2. The average Bonchev–Trinajstić information content (AvgIpc) is 2.92. The first-order chi connectivity index (χ1) is 18.1. The van der Waals surface area contributed by atoms with Crippen LogP contribution in [0.2, 0.25) is 0 Å².